The third kappa shape index (κ3) is 1.83. The van der Waals surface area contributed by atoms with E-state index in [1.54, 1.807) is 24.5 Å². The van der Waals surface area contributed by atoms with Crippen molar-refractivity contribution >= 4 is 32.9 Å². The van der Waals surface area contributed by atoms with Crippen LogP contribution < -0.4 is 0 Å². The van der Waals surface area contributed by atoms with Crippen LogP contribution in [0.3, 0.4) is 0 Å². The molecule has 0 aliphatic heterocycles. The van der Waals surface area contributed by atoms with Crippen LogP contribution in [-0.2, 0) is 4.74 Å². The molecule has 0 N–H and O–H groups in total. The average Bonchev–Trinajstić information content (AvgIpc) is 2.26. The molecule has 0 aliphatic rings. The Bertz CT molecular complexity index is 528. The summed E-state index contributed by atoms with van der Waals surface area (Å²) in [7, 11) is 1.34. The van der Waals surface area contributed by atoms with Crippen LogP contribution in [0.25, 0.3) is 11.0 Å². The molecular weight excluding hydrogens is 260 g/mol. The zero-order chi connectivity index (χ0) is 10.8. The van der Waals surface area contributed by atoms with E-state index in [1.807, 2.05) is 0 Å². The van der Waals surface area contributed by atoms with Crippen LogP contribution in [0.5, 0.6) is 0 Å². The van der Waals surface area contributed by atoms with Crippen LogP contribution in [0.4, 0.5) is 0 Å². The molecule has 4 nitrogen and oxygen atoms in total. The van der Waals surface area contributed by atoms with Crippen LogP contribution in [-0.4, -0.2) is 23.0 Å². The first-order chi connectivity index (χ1) is 7.22. The molecule has 1 heterocycles. The van der Waals surface area contributed by atoms with E-state index in [4.69, 9.17) is 0 Å². The first-order valence-electron chi connectivity index (χ1n) is 4.21. The second-order valence-corrected chi connectivity index (χ2v) is 3.78. The Morgan fingerprint density at radius 1 is 1.33 bits per heavy atom. The Balaban J connectivity index is 2.76. The second-order valence-electron chi connectivity index (χ2n) is 2.87. The summed E-state index contributed by atoms with van der Waals surface area (Å²) in [5.74, 6) is -0.415. The lowest BCUT2D eigenvalue weighted by Gasteiger charge is -2.03. The molecule has 0 saturated carbocycles. The highest BCUT2D eigenvalue weighted by molar-refractivity contribution is 9.10. The lowest BCUT2D eigenvalue weighted by molar-refractivity contribution is 0.0602. The standard InChI is InChI=1S/C10H7BrN2O2/c1-15-10(14)7-4-6(11)5-8-9(7)13-3-2-12-8/h2-5H,1H3. The molecule has 76 valence electrons. The van der Waals surface area contributed by atoms with Crippen molar-refractivity contribution in [3.63, 3.8) is 0 Å². The highest BCUT2D eigenvalue weighted by Crippen LogP contribution is 2.21. The minimum Gasteiger partial charge on any atom is -0.465 e. The van der Waals surface area contributed by atoms with Crippen molar-refractivity contribution in [3.05, 3.63) is 34.6 Å². The number of nitrogens with zero attached hydrogens (tertiary/aromatic N) is 2. The van der Waals surface area contributed by atoms with Gasteiger partial charge in [-0.05, 0) is 12.1 Å². The normalized spacial score (nSPS) is 10.3. The van der Waals surface area contributed by atoms with Crippen molar-refractivity contribution in [3.8, 4) is 0 Å². The zero-order valence-electron chi connectivity index (χ0n) is 7.90. The van der Waals surface area contributed by atoms with E-state index in [1.165, 1.54) is 7.11 Å². The van der Waals surface area contributed by atoms with Crippen molar-refractivity contribution < 1.29 is 9.53 Å². The van der Waals surface area contributed by atoms with Crippen molar-refractivity contribution in [1.29, 1.82) is 0 Å². The van der Waals surface area contributed by atoms with Crippen molar-refractivity contribution in [1.82, 2.24) is 9.97 Å². The maximum atomic E-state index is 11.5. The minimum atomic E-state index is -0.415. The highest BCUT2D eigenvalue weighted by atomic mass is 79.9. The predicted octanol–water partition coefficient (Wildman–Crippen LogP) is 2.18. The number of benzene rings is 1. The van der Waals surface area contributed by atoms with Crippen LogP contribution in [0, 0.1) is 0 Å². The third-order valence-corrected chi connectivity index (χ3v) is 2.40. The Kier molecular flexibility index (Phi) is 2.64. The van der Waals surface area contributed by atoms with E-state index in [0.29, 0.717) is 16.6 Å². The maximum Gasteiger partial charge on any atom is 0.340 e. The summed E-state index contributed by atoms with van der Waals surface area (Å²) < 4.78 is 5.45. The van der Waals surface area contributed by atoms with E-state index < -0.39 is 5.97 Å². The summed E-state index contributed by atoms with van der Waals surface area (Å²) >= 11 is 3.31. The van der Waals surface area contributed by atoms with E-state index >= 15 is 0 Å². The number of fused-ring (bicyclic) bond motifs is 1. The first-order valence-corrected chi connectivity index (χ1v) is 5.00. The van der Waals surface area contributed by atoms with Gasteiger partial charge in [0.15, 0.2) is 0 Å². The van der Waals surface area contributed by atoms with Gasteiger partial charge >= 0.3 is 5.97 Å². The number of carbonyl (C=O) groups excluding carboxylic acids is 1. The predicted molar refractivity (Wildman–Crippen MR) is 58.6 cm³/mol. The quantitative estimate of drug-likeness (QED) is 0.743. The molecule has 0 radical (unpaired) electrons. The molecule has 0 unspecified atom stereocenters. The molecule has 2 aromatic rings. The summed E-state index contributed by atoms with van der Waals surface area (Å²) in [6.45, 7) is 0. The summed E-state index contributed by atoms with van der Waals surface area (Å²) in [4.78, 5) is 19.7. The molecular formula is C10H7BrN2O2. The van der Waals surface area contributed by atoms with E-state index in [0.717, 1.165) is 4.47 Å². The number of carbonyl (C=O) groups is 1. The summed E-state index contributed by atoms with van der Waals surface area (Å²) in [5, 5.41) is 0. The Morgan fingerprint density at radius 2 is 2.07 bits per heavy atom. The van der Waals surface area contributed by atoms with Crippen molar-refractivity contribution in [2.75, 3.05) is 7.11 Å². The van der Waals surface area contributed by atoms with Gasteiger partial charge in [0, 0.05) is 16.9 Å². The number of hydrogen-bond acceptors (Lipinski definition) is 4. The number of rotatable bonds is 1. The molecule has 2 rings (SSSR count). The highest BCUT2D eigenvalue weighted by Gasteiger charge is 2.12. The molecule has 0 bridgehead atoms. The van der Waals surface area contributed by atoms with Gasteiger partial charge < -0.3 is 4.74 Å². The SMILES string of the molecule is COC(=O)c1cc(Br)cc2nccnc12. The molecule has 0 fully saturated rings. The fourth-order valence-electron chi connectivity index (χ4n) is 1.31. The Labute approximate surface area is 94.4 Å². The minimum absolute atomic E-state index is 0.412. The van der Waals surface area contributed by atoms with E-state index in [-0.39, 0.29) is 0 Å². The monoisotopic (exact) mass is 266 g/mol. The molecule has 0 amide bonds. The fraction of sp³-hybridized carbons (Fsp3) is 0.100. The number of aromatic nitrogens is 2. The lowest BCUT2D eigenvalue weighted by atomic mass is 10.2. The second kappa shape index (κ2) is 3.94. The van der Waals surface area contributed by atoms with Gasteiger partial charge in [-0.3, -0.25) is 9.97 Å². The molecule has 1 aromatic carbocycles. The number of ether oxygens (including phenoxy) is 1. The molecule has 0 saturated heterocycles. The molecule has 0 aliphatic carbocycles. The van der Waals surface area contributed by atoms with E-state index in [9.17, 15) is 4.79 Å². The fourth-order valence-corrected chi connectivity index (χ4v) is 1.75. The summed E-state index contributed by atoms with van der Waals surface area (Å²) in [5.41, 5.74) is 1.62. The third-order valence-electron chi connectivity index (χ3n) is 1.94. The molecule has 0 spiro atoms. The van der Waals surface area contributed by atoms with Crippen LogP contribution >= 0.6 is 15.9 Å². The topological polar surface area (TPSA) is 52.1 Å². The first kappa shape index (κ1) is 10.0. The van der Waals surface area contributed by atoms with Crippen molar-refractivity contribution in [2.24, 2.45) is 0 Å². The van der Waals surface area contributed by atoms with Crippen LogP contribution in [0.15, 0.2) is 29.0 Å². The van der Waals surface area contributed by atoms with Crippen LogP contribution in [0.2, 0.25) is 0 Å². The van der Waals surface area contributed by atoms with Gasteiger partial charge in [0.2, 0.25) is 0 Å². The number of halogens is 1. The zero-order valence-corrected chi connectivity index (χ0v) is 9.48. The molecule has 15 heavy (non-hydrogen) atoms. The van der Waals surface area contributed by atoms with Gasteiger partial charge in [-0.2, -0.15) is 0 Å². The summed E-state index contributed by atoms with van der Waals surface area (Å²) in [6.07, 6.45) is 3.12. The van der Waals surface area contributed by atoms with Gasteiger partial charge in [0.25, 0.3) is 0 Å². The molecule has 1 aromatic heterocycles. The maximum absolute atomic E-state index is 11.5. The largest absolute Gasteiger partial charge is 0.465 e. The van der Waals surface area contributed by atoms with Crippen molar-refractivity contribution in [2.45, 2.75) is 0 Å². The summed E-state index contributed by atoms with van der Waals surface area (Å²) in [6, 6.07) is 3.47. The van der Waals surface area contributed by atoms with Gasteiger partial charge in [-0.25, -0.2) is 4.79 Å². The number of esters is 1. The number of methoxy groups -OCH3 is 1. The number of hydrogen-bond donors (Lipinski definition) is 0. The van der Waals surface area contributed by atoms with Gasteiger partial charge in [-0.1, -0.05) is 15.9 Å². The molecule has 0 atom stereocenters. The average molecular weight is 267 g/mol. The lowest BCUT2D eigenvalue weighted by Crippen LogP contribution is -2.03. The molecule has 5 heteroatoms. The van der Waals surface area contributed by atoms with E-state index in [2.05, 4.69) is 30.6 Å². The Morgan fingerprint density at radius 3 is 2.80 bits per heavy atom. The van der Waals surface area contributed by atoms with Gasteiger partial charge in [-0.15, -0.1) is 0 Å². The van der Waals surface area contributed by atoms with Crippen LogP contribution in [0.1, 0.15) is 10.4 Å². The van der Waals surface area contributed by atoms with Gasteiger partial charge in [0.1, 0.15) is 5.52 Å². The Hall–Kier alpha value is -1.49. The smallest absolute Gasteiger partial charge is 0.340 e. The van der Waals surface area contributed by atoms with Gasteiger partial charge in [0.05, 0.1) is 18.2 Å².